The van der Waals surface area contributed by atoms with E-state index in [1.54, 1.807) is 0 Å². The van der Waals surface area contributed by atoms with E-state index >= 15 is 0 Å². The van der Waals surface area contributed by atoms with Crippen molar-refractivity contribution in [3.05, 3.63) is 46.8 Å². The van der Waals surface area contributed by atoms with Gasteiger partial charge in [-0.2, -0.15) is 13.2 Å². The Morgan fingerprint density at radius 3 is 2.45 bits per heavy atom. The average molecular weight is 472 g/mol. The van der Waals surface area contributed by atoms with E-state index in [1.807, 2.05) is 0 Å². The number of aromatic nitrogens is 3. The molecule has 6 nitrogen and oxygen atoms in total. The Morgan fingerprint density at radius 1 is 1.16 bits per heavy atom. The van der Waals surface area contributed by atoms with Gasteiger partial charge in [0, 0.05) is 31.6 Å². The molecule has 3 rings (SSSR count). The molecule has 1 amide bonds. The molecule has 0 aliphatic carbocycles. The Hall–Kier alpha value is -2.34. The van der Waals surface area contributed by atoms with Crippen LogP contribution in [-0.2, 0) is 23.9 Å². The Labute approximate surface area is 179 Å². The highest BCUT2D eigenvalue weighted by atomic mass is 35.5. The predicted molar refractivity (Wildman–Crippen MR) is 99.6 cm³/mol. The molecular formula is C18H20ClF6N5O. The third-order valence-electron chi connectivity index (χ3n) is 4.98. The zero-order valence-electron chi connectivity index (χ0n) is 16.3. The first-order valence-corrected chi connectivity index (χ1v) is 9.17. The van der Waals surface area contributed by atoms with Crippen LogP contribution in [0.3, 0.4) is 0 Å². The smallest absolute Gasteiger partial charge is 0.333 e. The van der Waals surface area contributed by atoms with Gasteiger partial charge in [-0.15, -0.1) is 22.6 Å². The van der Waals surface area contributed by atoms with Gasteiger partial charge in [0.1, 0.15) is 5.82 Å². The SMILES string of the molecule is CC1c2nnc(C(F)(F)F)n2CCCN1C(=O)C[C@H](N)Cc1cc(F)c(F)cc1F.Cl. The summed E-state index contributed by atoms with van der Waals surface area (Å²) in [5.41, 5.74) is 5.72. The lowest BCUT2D eigenvalue weighted by Gasteiger charge is -2.27. The van der Waals surface area contributed by atoms with Gasteiger partial charge in [-0.05, 0) is 31.4 Å². The van der Waals surface area contributed by atoms with Crippen LogP contribution in [0.5, 0.6) is 0 Å². The maximum Gasteiger partial charge on any atom is 0.451 e. The molecule has 1 aromatic heterocycles. The summed E-state index contributed by atoms with van der Waals surface area (Å²) in [6, 6.07) is -0.599. The van der Waals surface area contributed by atoms with Crippen LogP contribution in [0.2, 0.25) is 0 Å². The fraction of sp³-hybridized carbons (Fsp3) is 0.500. The lowest BCUT2D eigenvalue weighted by atomic mass is 10.0. The molecule has 0 saturated carbocycles. The van der Waals surface area contributed by atoms with Crippen molar-refractivity contribution < 1.29 is 31.1 Å². The first kappa shape index (κ1) is 24.9. The molecular weight excluding hydrogens is 452 g/mol. The molecule has 2 aromatic rings. The Balaban J connectivity index is 0.00000341. The molecule has 0 saturated heterocycles. The van der Waals surface area contributed by atoms with Crippen LogP contribution in [0.4, 0.5) is 26.3 Å². The van der Waals surface area contributed by atoms with E-state index in [2.05, 4.69) is 10.2 Å². The van der Waals surface area contributed by atoms with Crippen LogP contribution in [0, 0.1) is 17.5 Å². The van der Waals surface area contributed by atoms with Gasteiger partial charge in [-0.3, -0.25) is 4.79 Å². The highest BCUT2D eigenvalue weighted by molar-refractivity contribution is 5.85. The molecule has 1 unspecified atom stereocenters. The lowest BCUT2D eigenvalue weighted by molar-refractivity contribution is -0.147. The van der Waals surface area contributed by atoms with Crippen LogP contribution < -0.4 is 5.73 Å². The number of amides is 1. The number of carbonyl (C=O) groups is 1. The summed E-state index contributed by atoms with van der Waals surface area (Å²) in [5, 5.41) is 6.83. The molecule has 0 bridgehead atoms. The zero-order valence-corrected chi connectivity index (χ0v) is 17.1. The summed E-state index contributed by atoms with van der Waals surface area (Å²) < 4.78 is 80.4. The normalized spacial score (nSPS) is 17.5. The number of nitrogens with zero attached hydrogens (tertiary/aromatic N) is 4. The number of halogens is 7. The fourth-order valence-corrected chi connectivity index (χ4v) is 3.54. The highest BCUT2D eigenvalue weighted by Crippen LogP contribution is 2.32. The monoisotopic (exact) mass is 471 g/mol. The number of hydrogen-bond acceptors (Lipinski definition) is 4. The minimum atomic E-state index is -4.67. The van der Waals surface area contributed by atoms with E-state index in [0.29, 0.717) is 12.1 Å². The lowest BCUT2D eigenvalue weighted by Crippen LogP contribution is -2.38. The Kier molecular flexibility index (Phi) is 7.58. The largest absolute Gasteiger partial charge is 0.451 e. The van der Waals surface area contributed by atoms with Crippen molar-refractivity contribution in [2.45, 2.75) is 51.0 Å². The molecule has 2 heterocycles. The summed E-state index contributed by atoms with van der Waals surface area (Å²) in [5.74, 6) is -5.12. The fourth-order valence-electron chi connectivity index (χ4n) is 3.54. The van der Waals surface area contributed by atoms with Crippen LogP contribution in [0.15, 0.2) is 12.1 Å². The summed E-state index contributed by atoms with van der Waals surface area (Å²) >= 11 is 0. The number of fused-ring (bicyclic) bond motifs is 1. The van der Waals surface area contributed by atoms with Crippen molar-refractivity contribution in [1.82, 2.24) is 19.7 Å². The standard InChI is InChI=1S/C18H19F6N5O.ClH/c1-9-16-26-27-17(18(22,23)24)29(16)4-2-3-28(9)15(30)7-11(25)5-10-6-13(20)14(21)8-12(10)19;/h6,8-9,11H,2-5,7,25H2,1H3;1H/t9?,11-;/m1./s1. The molecule has 172 valence electrons. The summed E-state index contributed by atoms with van der Waals surface area (Å²) in [6.45, 7) is 1.70. The minimum absolute atomic E-state index is 0. The topological polar surface area (TPSA) is 77.0 Å². The van der Waals surface area contributed by atoms with Crippen LogP contribution in [-0.4, -0.2) is 38.2 Å². The van der Waals surface area contributed by atoms with Gasteiger partial charge < -0.3 is 15.2 Å². The number of hydrogen-bond donors (Lipinski definition) is 1. The molecule has 31 heavy (non-hydrogen) atoms. The van der Waals surface area contributed by atoms with E-state index < -0.39 is 47.4 Å². The van der Waals surface area contributed by atoms with Crippen molar-refractivity contribution in [3.63, 3.8) is 0 Å². The predicted octanol–water partition coefficient (Wildman–Crippen LogP) is 3.39. The molecule has 1 aliphatic heterocycles. The van der Waals surface area contributed by atoms with E-state index in [4.69, 9.17) is 5.73 Å². The maximum atomic E-state index is 13.8. The number of carbonyl (C=O) groups excluding carboxylic acids is 1. The highest BCUT2D eigenvalue weighted by Gasteiger charge is 2.40. The van der Waals surface area contributed by atoms with E-state index in [-0.39, 0.29) is 56.1 Å². The number of benzene rings is 1. The summed E-state index contributed by atoms with van der Waals surface area (Å²) in [7, 11) is 0. The van der Waals surface area contributed by atoms with E-state index in [0.717, 1.165) is 4.57 Å². The second-order valence-electron chi connectivity index (χ2n) is 7.17. The van der Waals surface area contributed by atoms with Crippen molar-refractivity contribution in [1.29, 1.82) is 0 Å². The molecule has 13 heteroatoms. The van der Waals surface area contributed by atoms with Gasteiger partial charge >= 0.3 is 6.18 Å². The van der Waals surface area contributed by atoms with Crippen molar-refractivity contribution >= 4 is 18.3 Å². The van der Waals surface area contributed by atoms with Gasteiger partial charge in [-0.25, -0.2) is 13.2 Å². The minimum Gasteiger partial charge on any atom is -0.333 e. The first-order valence-electron chi connectivity index (χ1n) is 9.17. The van der Waals surface area contributed by atoms with Crippen molar-refractivity contribution in [3.8, 4) is 0 Å². The second kappa shape index (κ2) is 9.43. The second-order valence-corrected chi connectivity index (χ2v) is 7.17. The molecule has 0 radical (unpaired) electrons. The van der Waals surface area contributed by atoms with Crippen molar-refractivity contribution in [2.75, 3.05) is 6.54 Å². The van der Waals surface area contributed by atoms with Gasteiger partial charge in [0.25, 0.3) is 0 Å². The first-order chi connectivity index (χ1) is 14.0. The van der Waals surface area contributed by atoms with Crippen LogP contribution in [0.1, 0.15) is 43.0 Å². The molecule has 2 atom stereocenters. The van der Waals surface area contributed by atoms with Gasteiger partial charge in [0.05, 0.1) is 6.04 Å². The maximum absolute atomic E-state index is 13.8. The molecule has 0 spiro atoms. The Morgan fingerprint density at radius 2 is 1.81 bits per heavy atom. The van der Waals surface area contributed by atoms with Gasteiger partial charge in [0.15, 0.2) is 17.5 Å². The average Bonchev–Trinajstić information content (AvgIpc) is 3.00. The molecule has 1 aliphatic rings. The summed E-state index contributed by atoms with van der Waals surface area (Å²) in [6.07, 6.45) is -4.90. The van der Waals surface area contributed by atoms with E-state index in [9.17, 15) is 31.1 Å². The third-order valence-corrected chi connectivity index (χ3v) is 4.98. The summed E-state index contributed by atoms with van der Waals surface area (Å²) in [4.78, 5) is 14.1. The van der Waals surface area contributed by atoms with Crippen LogP contribution >= 0.6 is 12.4 Å². The molecule has 2 N–H and O–H groups in total. The van der Waals surface area contributed by atoms with Gasteiger partial charge in [-0.1, -0.05) is 0 Å². The third kappa shape index (κ3) is 5.29. The van der Waals surface area contributed by atoms with E-state index in [1.165, 1.54) is 11.8 Å². The van der Waals surface area contributed by atoms with Crippen LogP contribution in [0.25, 0.3) is 0 Å². The van der Waals surface area contributed by atoms with Crippen molar-refractivity contribution in [2.24, 2.45) is 5.73 Å². The number of alkyl halides is 3. The molecule has 0 fully saturated rings. The Bertz CT molecular complexity index is 950. The molecule has 1 aromatic carbocycles. The zero-order chi connectivity index (χ0) is 22.2. The number of rotatable bonds is 4. The number of nitrogens with two attached hydrogens (primary N) is 1. The quantitative estimate of drug-likeness (QED) is 0.548. The van der Waals surface area contributed by atoms with Gasteiger partial charge in [0.2, 0.25) is 11.7 Å².